The molecule has 5 N–H and O–H groups in total. The molecular weight excluding hydrogens is 709 g/mol. The average Bonchev–Trinajstić information content (AvgIpc) is 3.82. The van der Waals surface area contributed by atoms with E-state index in [9.17, 15) is 10.2 Å². The van der Waals surface area contributed by atoms with Gasteiger partial charge in [0.25, 0.3) is 0 Å². The summed E-state index contributed by atoms with van der Waals surface area (Å²) in [5.74, 6) is 2.79. The van der Waals surface area contributed by atoms with E-state index in [0.717, 1.165) is 121 Å². The van der Waals surface area contributed by atoms with Crippen molar-refractivity contribution in [2.75, 3.05) is 44.2 Å². The van der Waals surface area contributed by atoms with Gasteiger partial charge in [-0.15, -0.1) is 10.2 Å². The fourth-order valence-corrected chi connectivity index (χ4v) is 8.52. The van der Waals surface area contributed by atoms with Gasteiger partial charge in [0.15, 0.2) is 0 Å². The summed E-state index contributed by atoms with van der Waals surface area (Å²) < 4.78 is 15.3. The standard InChI is InChI=1S/C21H32N4O2.C21H30N4O2.CH4O/c2*1-3-14(2)23-21-22-13-20-18(15-8-10-27-11-9-15)12-19(25(20)24-21)16-4-6-17(26)7-5-16;1-2/h12-17,26H,3-11H2,1-2H3,(H,23,24);8,12-14,16-17,26H,3-7,9-11H2,1-2H3,(H,23,24);2H,1H3/t2*14-,16?,17?;/m00./s1. The van der Waals surface area contributed by atoms with E-state index in [-0.39, 0.29) is 12.2 Å². The quantitative estimate of drug-likeness (QED) is 0.111. The van der Waals surface area contributed by atoms with E-state index >= 15 is 0 Å². The molecule has 56 heavy (non-hydrogen) atoms. The SMILES string of the molecule is CC[C@H](C)Nc1ncc2c(C3=CCOCC3)cc(C3CCC(O)CC3)n2n1.CC[C@H](C)Nc1ncc2c(C3CCOCC3)cc(C3CCC(O)CC3)n2n1.CO. The van der Waals surface area contributed by atoms with Crippen molar-refractivity contribution >= 4 is 28.5 Å². The monoisotopic (exact) mass is 775 g/mol. The first-order chi connectivity index (χ1) is 27.3. The molecule has 2 aliphatic carbocycles. The molecule has 2 atom stereocenters. The molecule has 0 radical (unpaired) electrons. The van der Waals surface area contributed by atoms with Crippen LogP contribution in [-0.4, -0.2) is 102 Å². The van der Waals surface area contributed by atoms with Gasteiger partial charge in [0.05, 0.1) is 48.8 Å². The number of nitrogens with zero attached hydrogens (tertiary/aromatic N) is 6. The molecule has 0 amide bonds. The molecule has 6 heterocycles. The lowest BCUT2D eigenvalue weighted by Crippen LogP contribution is -2.19. The Hall–Kier alpha value is -3.62. The van der Waals surface area contributed by atoms with Crippen LogP contribution in [0.5, 0.6) is 0 Å². The molecule has 13 nitrogen and oxygen atoms in total. The first kappa shape index (κ1) is 42.0. The van der Waals surface area contributed by atoms with Gasteiger partial charge in [-0.1, -0.05) is 19.9 Å². The zero-order valence-corrected chi connectivity index (χ0v) is 34.3. The Bertz CT molecular complexity index is 1850. The summed E-state index contributed by atoms with van der Waals surface area (Å²) in [6.07, 6.45) is 18.5. The van der Waals surface area contributed by atoms with Crippen LogP contribution in [0, 0.1) is 0 Å². The van der Waals surface area contributed by atoms with E-state index < -0.39 is 0 Å². The molecule has 4 aromatic heterocycles. The summed E-state index contributed by atoms with van der Waals surface area (Å²) in [6.45, 7) is 11.7. The third kappa shape index (κ3) is 10.1. The van der Waals surface area contributed by atoms with Crippen LogP contribution in [0.15, 0.2) is 30.6 Å². The van der Waals surface area contributed by atoms with Crippen LogP contribution in [0.1, 0.15) is 151 Å². The highest BCUT2D eigenvalue weighted by atomic mass is 16.5. The normalized spacial score (nSPS) is 24.3. The summed E-state index contributed by atoms with van der Waals surface area (Å²) >= 11 is 0. The fraction of sp³-hybridized carbons (Fsp3) is 0.674. The second kappa shape index (κ2) is 20.2. The molecule has 8 rings (SSSR count). The zero-order valence-electron chi connectivity index (χ0n) is 34.3. The van der Waals surface area contributed by atoms with Crippen molar-refractivity contribution in [1.29, 1.82) is 0 Å². The average molecular weight is 775 g/mol. The smallest absolute Gasteiger partial charge is 0.241 e. The van der Waals surface area contributed by atoms with Gasteiger partial charge >= 0.3 is 0 Å². The van der Waals surface area contributed by atoms with Crippen molar-refractivity contribution in [3.8, 4) is 0 Å². The maximum atomic E-state index is 9.91. The summed E-state index contributed by atoms with van der Waals surface area (Å²) in [5, 5.41) is 43.3. The second-order valence-corrected chi connectivity index (χ2v) is 16.1. The number of fused-ring (bicyclic) bond motifs is 2. The van der Waals surface area contributed by atoms with Gasteiger partial charge in [0, 0.05) is 61.2 Å². The van der Waals surface area contributed by atoms with Crippen molar-refractivity contribution in [2.45, 2.75) is 153 Å². The van der Waals surface area contributed by atoms with Gasteiger partial charge < -0.3 is 35.4 Å². The first-order valence-electron chi connectivity index (χ1n) is 21.3. The number of aliphatic hydroxyl groups excluding tert-OH is 3. The number of anilines is 2. The van der Waals surface area contributed by atoms with Crippen molar-refractivity contribution < 1.29 is 24.8 Å². The number of ether oxygens (including phenoxy) is 2. The Kier molecular flexibility index (Phi) is 15.1. The first-order valence-corrected chi connectivity index (χ1v) is 21.3. The molecule has 13 heteroatoms. The van der Waals surface area contributed by atoms with Gasteiger partial charge in [0.2, 0.25) is 11.9 Å². The molecule has 4 aliphatic rings. The highest BCUT2D eigenvalue weighted by Crippen LogP contribution is 2.40. The molecule has 308 valence electrons. The van der Waals surface area contributed by atoms with Crippen LogP contribution >= 0.6 is 0 Å². The molecule has 2 saturated carbocycles. The van der Waals surface area contributed by atoms with Crippen molar-refractivity contribution in [3.63, 3.8) is 0 Å². The van der Waals surface area contributed by atoms with Crippen molar-refractivity contribution in [2.24, 2.45) is 0 Å². The van der Waals surface area contributed by atoms with Crippen LogP contribution in [0.3, 0.4) is 0 Å². The summed E-state index contributed by atoms with van der Waals surface area (Å²) in [7, 11) is 1.00. The molecule has 0 aromatic carbocycles. The predicted molar refractivity (Wildman–Crippen MR) is 222 cm³/mol. The number of aliphatic hydroxyl groups is 3. The van der Waals surface area contributed by atoms with Gasteiger partial charge in [-0.3, -0.25) is 0 Å². The maximum Gasteiger partial charge on any atom is 0.241 e. The van der Waals surface area contributed by atoms with Crippen LogP contribution in [-0.2, 0) is 9.47 Å². The van der Waals surface area contributed by atoms with E-state index in [1.807, 2.05) is 12.4 Å². The minimum absolute atomic E-state index is 0.139. The van der Waals surface area contributed by atoms with Gasteiger partial charge in [-0.2, -0.15) is 0 Å². The summed E-state index contributed by atoms with van der Waals surface area (Å²) in [5.41, 5.74) is 8.66. The van der Waals surface area contributed by atoms with Crippen LogP contribution in [0.4, 0.5) is 11.9 Å². The molecule has 0 spiro atoms. The van der Waals surface area contributed by atoms with Crippen molar-refractivity contribution in [1.82, 2.24) is 29.2 Å². The highest BCUT2D eigenvalue weighted by molar-refractivity contribution is 5.80. The lowest BCUT2D eigenvalue weighted by molar-refractivity contribution is 0.0856. The van der Waals surface area contributed by atoms with Gasteiger partial charge in [-0.25, -0.2) is 19.0 Å². The fourth-order valence-electron chi connectivity index (χ4n) is 8.52. The van der Waals surface area contributed by atoms with E-state index in [2.05, 4.69) is 75.5 Å². The van der Waals surface area contributed by atoms with Crippen molar-refractivity contribution in [3.05, 3.63) is 53.1 Å². The topological polar surface area (TPSA) is 164 Å². The summed E-state index contributed by atoms with van der Waals surface area (Å²) in [6, 6.07) is 5.36. The Labute approximate surface area is 332 Å². The number of aromatic nitrogens is 6. The molecule has 1 saturated heterocycles. The second-order valence-electron chi connectivity index (χ2n) is 16.1. The van der Waals surface area contributed by atoms with Crippen LogP contribution in [0.2, 0.25) is 0 Å². The molecule has 0 unspecified atom stereocenters. The van der Waals surface area contributed by atoms with E-state index in [1.165, 1.54) is 28.1 Å². The van der Waals surface area contributed by atoms with Gasteiger partial charge in [-0.05, 0) is 127 Å². The van der Waals surface area contributed by atoms with E-state index in [0.29, 0.717) is 48.3 Å². The zero-order chi connectivity index (χ0) is 39.6. The third-order valence-electron chi connectivity index (χ3n) is 12.3. The molecule has 3 fully saturated rings. The lowest BCUT2D eigenvalue weighted by Gasteiger charge is -2.25. The Morgan fingerprint density at radius 1 is 0.679 bits per heavy atom. The molecule has 4 aromatic rings. The van der Waals surface area contributed by atoms with E-state index in [4.69, 9.17) is 24.8 Å². The number of hydrogen-bond acceptors (Lipinski definition) is 11. The summed E-state index contributed by atoms with van der Waals surface area (Å²) in [4.78, 5) is 9.19. The van der Waals surface area contributed by atoms with Crippen LogP contribution in [0.25, 0.3) is 16.6 Å². The maximum absolute atomic E-state index is 9.91. The Morgan fingerprint density at radius 3 is 1.71 bits per heavy atom. The van der Waals surface area contributed by atoms with Crippen LogP contribution < -0.4 is 10.6 Å². The molecular formula is C43H66N8O5. The largest absolute Gasteiger partial charge is 0.400 e. The molecule has 2 aliphatic heterocycles. The number of nitrogens with one attached hydrogen (secondary N) is 2. The molecule has 0 bridgehead atoms. The number of rotatable bonds is 10. The minimum atomic E-state index is -0.151. The van der Waals surface area contributed by atoms with Gasteiger partial charge in [0.1, 0.15) is 0 Å². The lowest BCUT2D eigenvalue weighted by atomic mass is 9.84. The Balaban J connectivity index is 0.000000182. The number of hydrogen-bond donors (Lipinski definition) is 5. The van der Waals surface area contributed by atoms with E-state index in [1.54, 1.807) is 0 Å². The third-order valence-corrected chi connectivity index (χ3v) is 12.3. The highest BCUT2D eigenvalue weighted by Gasteiger charge is 2.29. The predicted octanol–water partition coefficient (Wildman–Crippen LogP) is 7.22. The Morgan fingerprint density at radius 2 is 1.20 bits per heavy atom. The minimum Gasteiger partial charge on any atom is -0.400 e.